The number of amides is 2. The number of hydrogen-bond donors (Lipinski definition) is 0. The Labute approximate surface area is 177 Å². The summed E-state index contributed by atoms with van der Waals surface area (Å²) in [6.07, 6.45) is 3.92. The fourth-order valence-corrected chi connectivity index (χ4v) is 4.20. The molecule has 4 rings (SSSR count). The van der Waals surface area contributed by atoms with Gasteiger partial charge in [0.05, 0.1) is 6.04 Å². The summed E-state index contributed by atoms with van der Waals surface area (Å²) < 4.78 is 2.19. The molecule has 1 aliphatic carbocycles. The van der Waals surface area contributed by atoms with Gasteiger partial charge in [0.1, 0.15) is 6.54 Å². The molecule has 2 aliphatic rings. The summed E-state index contributed by atoms with van der Waals surface area (Å²) in [6.45, 7) is 7.48. The highest BCUT2D eigenvalue weighted by molar-refractivity contribution is 6.30. The zero-order valence-corrected chi connectivity index (χ0v) is 18.0. The van der Waals surface area contributed by atoms with E-state index in [-0.39, 0.29) is 35.9 Å². The topological polar surface area (TPSA) is 45.6 Å². The fraction of sp³-hybridized carbons (Fsp3) is 0.478. The van der Waals surface area contributed by atoms with E-state index in [1.807, 2.05) is 56.0 Å². The minimum absolute atomic E-state index is 0.0127. The first-order valence-electron chi connectivity index (χ1n) is 10.3. The minimum atomic E-state index is -0.388. The van der Waals surface area contributed by atoms with Gasteiger partial charge < -0.3 is 14.4 Å². The van der Waals surface area contributed by atoms with Gasteiger partial charge in [-0.2, -0.15) is 0 Å². The van der Waals surface area contributed by atoms with Gasteiger partial charge in [0.15, 0.2) is 0 Å². The van der Waals surface area contributed by atoms with Gasteiger partial charge in [0.2, 0.25) is 11.8 Å². The van der Waals surface area contributed by atoms with E-state index in [0.29, 0.717) is 11.6 Å². The fourth-order valence-electron chi connectivity index (χ4n) is 4.07. The van der Waals surface area contributed by atoms with Gasteiger partial charge in [0, 0.05) is 41.5 Å². The Morgan fingerprint density at radius 1 is 1.10 bits per heavy atom. The van der Waals surface area contributed by atoms with E-state index in [2.05, 4.69) is 16.8 Å². The predicted molar refractivity (Wildman–Crippen MR) is 114 cm³/mol. The summed E-state index contributed by atoms with van der Waals surface area (Å²) in [5, 5.41) is 0.673. The molecule has 0 bridgehead atoms. The van der Waals surface area contributed by atoms with Crippen LogP contribution in [0.5, 0.6) is 0 Å². The number of nitrogens with zero attached hydrogens (tertiary/aromatic N) is 3. The van der Waals surface area contributed by atoms with Crippen LogP contribution in [0.1, 0.15) is 50.9 Å². The first-order chi connectivity index (χ1) is 13.8. The monoisotopic (exact) mass is 413 g/mol. The first kappa shape index (κ1) is 20.0. The van der Waals surface area contributed by atoms with Crippen LogP contribution in [0.25, 0.3) is 0 Å². The molecule has 0 saturated heterocycles. The smallest absolute Gasteiger partial charge is 0.243 e. The largest absolute Gasteiger partial charge is 0.348 e. The molecule has 1 aromatic heterocycles. The molecule has 29 heavy (non-hydrogen) atoms. The normalized spacial score (nSPS) is 19.0. The third kappa shape index (κ3) is 4.06. The Morgan fingerprint density at radius 2 is 1.79 bits per heavy atom. The minimum Gasteiger partial charge on any atom is -0.348 e. The molecule has 1 saturated carbocycles. The van der Waals surface area contributed by atoms with E-state index >= 15 is 0 Å². The van der Waals surface area contributed by atoms with Crippen molar-refractivity contribution < 1.29 is 9.59 Å². The van der Waals surface area contributed by atoms with Crippen LogP contribution in [-0.2, 0) is 16.1 Å². The average Bonchev–Trinajstić information content (AvgIpc) is 3.41. The molecule has 1 fully saturated rings. The standard InChI is InChI=1S/C23H28ClN3O2/c1-23(2,3)27(22(29)17-6-7-17)15-20(28)26-14-13-25-12-4-5-19(25)21(26)16-8-10-18(24)11-9-16/h4-5,8-12,17,21H,6-7,13-15H2,1-3H3/t21-/m1/s1. The van der Waals surface area contributed by atoms with Crippen molar-refractivity contribution in [3.05, 3.63) is 58.9 Å². The lowest BCUT2D eigenvalue weighted by Crippen LogP contribution is -2.53. The van der Waals surface area contributed by atoms with Crippen LogP contribution >= 0.6 is 11.6 Å². The summed E-state index contributed by atoms with van der Waals surface area (Å²) in [5.41, 5.74) is 1.72. The molecule has 5 nitrogen and oxygen atoms in total. The Kier molecular flexibility index (Phi) is 5.19. The number of rotatable bonds is 4. The highest BCUT2D eigenvalue weighted by Gasteiger charge is 2.40. The molecule has 2 aromatic rings. The SMILES string of the molecule is CC(C)(C)N(CC(=O)N1CCn2cccc2[C@H]1c1ccc(Cl)cc1)C(=O)C1CC1. The van der Waals surface area contributed by atoms with Gasteiger partial charge in [-0.3, -0.25) is 9.59 Å². The van der Waals surface area contributed by atoms with Crippen LogP contribution in [0, 0.1) is 5.92 Å². The lowest BCUT2D eigenvalue weighted by molar-refractivity contribution is -0.147. The van der Waals surface area contributed by atoms with Gasteiger partial charge in [-0.15, -0.1) is 0 Å². The molecule has 2 heterocycles. The highest BCUT2D eigenvalue weighted by Crippen LogP contribution is 2.35. The Balaban J connectivity index is 1.63. The lowest BCUT2D eigenvalue weighted by atomic mass is 9.99. The van der Waals surface area contributed by atoms with Gasteiger partial charge in [-0.05, 0) is 63.4 Å². The molecule has 1 aromatic carbocycles. The van der Waals surface area contributed by atoms with Crippen LogP contribution in [0.4, 0.5) is 0 Å². The number of carbonyl (C=O) groups is 2. The van der Waals surface area contributed by atoms with Crippen molar-refractivity contribution in [1.82, 2.24) is 14.4 Å². The third-order valence-corrected chi connectivity index (χ3v) is 6.09. The van der Waals surface area contributed by atoms with Crippen molar-refractivity contribution >= 4 is 23.4 Å². The molecule has 6 heteroatoms. The maximum atomic E-state index is 13.5. The number of hydrogen-bond acceptors (Lipinski definition) is 2. The number of halogens is 1. The van der Waals surface area contributed by atoms with E-state index in [9.17, 15) is 9.59 Å². The van der Waals surface area contributed by atoms with E-state index in [0.717, 1.165) is 30.6 Å². The van der Waals surface area contributed by atoms with Gasteiger partial charge in [0.25, 0.3) is 0 Å². The molecule has 1 atom stereocenters. The van der Waals surface area contributed by atoms with Crippen molar-refractivity contribution in [3.63, 3.8) is 0 Å². The number of carbonyl (C=O) groups excluding carboxylic acids is 2. The lowest BCUT2D eigenvalue weighted by Gasteiger charge is -2.41. The molecule has 154 valence electrons. The second kappa shape index (κ2) is 7.52. The van der Waals surface area contributed by atoms with Crippen molar-refractivity contribution in [1.29, 1.82) is 0 Å². The second-order valence-corrected chi connectivity index (χ2v) is 9.47. The van der Waals surface area contributed by atoms with Crippen molar-refractivity contribution in [2.45, 2.75) is 51.7 Å². The number of aromatic nitrogens is 1. The molecular formula is C23H28ClN3O2. The van der Waals surface area contributed by atoms with E-state index in [1.54, 1.807) is 4.90 Å². The van der Waals surface area contributed by atoms with Crippen LogP contribution in [-0.4, -0.2) is 44.8 Å². The highest BCUT2D eigenvalue weighted by atomic mass is 35.5. The molecule has 0 unspecified atom stereocenters. The van der Waals surface area contributed by atoms with Crippen LogP contribution in [0.3, 0.4) is 0 Å². The third-order valence-electron chi connectivity index (χ3n) is 5.84. The van der Waals surface area contributed by atoms with Crippen molar-refractivity contribution in [3.8, 4) is 0 Å². The molecule has 0 radical (unpaired) electrons. The van der Waals surface area contributed by atoms with E-state index in [4.69, 9.17) is 11.6 Å². The second-order valence-electron chi connectivity index (χ2n) is 9.04. The van der Waals surface area contributed by atoms with E-state index in [1.165, 1.54) is 0 Å². The summed E-state index contributed by atoms with van der Waals surface area (Å²) in [5.74, 6) is 0.184. The summed E-state index contributed by atoms with van der Waals surface area (Å²) >= 11 is 6.09. The van der Waals surface area contributed by atoms with Gasteiger partial charge in [-0.25, -0.2) is 0 Å². The predicted octanol–water partition coefficient (Wildman–Crippen LogP) is 4.11. The van der Waals surface area contributed by atoms with Gasteiger partial charge in [-0.1, -0.05) is 23.7 Å². The molecule has 1 aliphatic heterocycles. The maximum Gasteiger partial charge on any atom is 0.243 e. The van der Waals surface area contributed by atoms with Gasteiger partial charge >= 0.3 is 0 Å². The van der Waals surface area contributed by atoms with E-state index < -0.39 is 0 Å². The zero-order valence-electron chi connectivity index (χ0n) is 17.3. The van der Waals surface area contributed by atoms with Crippen LogP contribution in [0.15, 0.2) is 42.6 Å². The van der Waals surface area contributed by atoms with Crippen LogP contribution < -0.4 is 0 Å². The molecule has 2 amide bonds. The Morgan fingerprint density at radius 3 is 2.41 bits per heavy atom. The zero-order chi connectivity index (χ0) is 20.8. The summed E-state index contributed by atoms with van der Waals surface area (Å²) in [6, 6.07) is 11.6. The number of fused-ring (bicyclic) bond motifs is 1. The number of benzene rings is 1. The quantitative estimate of drug-likeness (QED) is 0.757. The first-order valence-corrected chi connectivity index (χ1v) is 10.6. The van der Waals surface area contributed by atoms with Crippen molar-refractivity contribution in [2.75, 3.05) is 13.1 Å². The Hall–Kier alpha value is -2.27. The average molecular weight is 414 g/mol. The molecule has 0 spiro atoms. The van der Waals surface area contributed by atoms with Crippen molar-refractivity contribution in [2.24, 2.45) is 5.92 Å². The van der Waals surface area contributed by atoms with Crippen LogP contribution in [0.2, 0.25) is 5.02 Å². The molecule has 0 N–H and O–H groups in total. The summed E-state index contributed by atoms with van der Waals surface area (Å²) in [7, 11) is 0. The maximum absolute atomic E-state index is 13.5. The molecular weight excluding hydrogens is 386 g/mol. The summed E-state index contributed by atoms with van der Waals surface area (Å²) in [4.78, 5) is 30.0. The Bertz CT molecular complexity index is 909.